The van der Waals surface area contributed by atoms with Gasteiger partial charge in [-0.15, -0.1) is 0 Å². The molecule has 3 fully saturated rings. The molecule has 0 radical (unpaired) electrons. The van der Waals surface area contributed by atoms with Crippen LogP contribution in [-0.2, 0) is 14.3 Å². The summed E-state index contributed by atoms with van der Waals surface area (Å²) >= 11 is 0. The molecule has 46 heavy (non-hydrogen) atoms. The minimum Gasteiger partial charge on any atom is -0.480 e. The van der Waals surface area contributed by atoms with E-state index in [2.05, 4.69) is 34.0 Å². The molecule has 12 heteroatoms. The number of hydrogen-bond donors (Lipinski definition) is 2. The fourth-order valence-electron chi connectivity index (χ4n) is 6.72. The van der Waals surface area contributed by atoms with Gasteiger partial charge in [0, 0.05) is 38.3 Å². The van der Waals surface area contributed by atoms with Crippen molar-refractivity contribution in [1.29, 1.82) is 0 Å². The summed E-state index contributed by atoms with van der Waals surface area (Å²) in [5.41, 5.74) is 3.06. The fourth-order valence-corrected chi connectivity index (χ4v) is 6.72. The van der Waals surface area contributed by atoms with Gasteiger partial charge in [0.15, 0.2) is 11.2 Å². The van der Waals surface area contributed by atoms with E-state index in [9.17, 15) is 14.7 Å². The maximum absolute atomic E-state index is 12.9. The second-order valence-electron chi connectivity index (χ2n) is 12.4. The lowest BCUT2D eigenvalue weighted by molar-refractivity contribution is -0.139. The van der Waals surface area contributed by atoms with Gasteiger partial charge in [0.1, 0.15) is 23.1 Å². The van der Waals surface area contributed by atoms with E-state index in [4.69, 9.17) is 13.6 Å². The van der Waals surface area contributed by atoms with Crippen LogP contribution in [0.25, 0.3) is 22.2 Å². The van der Waals surface area contributed by atoms with Crippen molar-refractivity contribution in [1.82, 2.24) is 20.2 Å². The zero-order valence-electron chi connectivity index (χ0n) is 26.6. The fraction of sp³-hybridized carbons (Fsp3) is 0.529. The second kappa shape index (κ2) is 14.5. The van der Waals surface area contributed by atoms with Crippen LogP contribution in [0.2, 0.25) is 0 Å². The first kappa shape index (κ1) is 31.8. The number of ether oxygens (including phenoxy) is 1. The number of amides is 1. The number of hydrogen-bond acceptors (Lipinski definition) is 10. The standard InChI is InChI=1S/C21H30N4O3.C13H14N2O3/c1-15-13-27-14-16(2)24(15)12-10-22-20(26)18-8-5-6-11-25(18)21-23-17-7-3-4-9-19(17)28-21;16-12(17)10-6-3-4-8-15(10)13-14-9-5-1-2-7-11(9)18-13/h3-4,7,9,15-16,18H,5-6,8,10-14H2,1-2H3,(H,22,26);1-2,5,7,10H,3-4,6,8H2,(H,16,17)/t15?,16?,18-;10-/m00/s1. The molecule has 0 saturated carbocycles. The number of nitrogens with one attached hydrogen (secondary N) is 1. The Hall–Kier alpha value is -4.16. The summed E-state index contributed by atoms with van der Waals surface area (Å²) in [5, 5.41) is 12.4. The van der Waals surface area contributed by atoms with Crippen LogP contribution in [0.3, 0.4) is 0 Å². The molecule has 2 aromatic carbocycles. The van der Waals surface area contributed by atoms with Gasteiger partial charge in [-0.05, 0) is 76.6 Å². The van der Waals surface area contributed by atoms with Crippen LogP contribution in [0.4, 0.5) is 12.0 Å². The molecule has 2 aromatic heterocycles. The van der Waals surface area contributed by atoms with E-state index >= 15 is 0 Å². The number of fused-ring (bicyclic) bond motifs is 2. The topological polar surface area (TPSA) is 137 Å². The highest BCUT2D eigenvalue weighted by Crippen LogP contribution is 2.29. The van der Waals surface area contributed by atoms with E-state index in [1.807, 2.05) is 53.4 Å². The number of benzene rings is 2. The van der Waals surface area contributed by atoms with E-state index in [1.165, 1.54) is 0 Å². The predicted octanol–water partition coefficient (Wildman–Crippen LogP) is 4.68. The van der Waals surface area contributed by atoms with Gasteiger partial charge in [0.2, 0.25) is 5.91 Å². The summed E-state index contributed by atoms with van der Waals surface area (Å²) in [4.78, 5) is 39.3. The van der Waals surface area contributed by atoms with Crippen LogP contribution in [0.5, 0.6) is 0 Å². The smallest absolute Gasteiger partial charge is 0.326 e. The molecule has 0 spiro atoms. The highest BCUT2D eigenvalue weighted by molar-refractivity contribution is 5.85. The number of carbonyl (C=O) groups excluding carboxylic acids is 1. The van der Waals surface area contributed by atoms with Gasteiger partial charge in [-0.1, -0.05) is 24.3 Å². The Balaban J connectivity index is 0.000000178. The summed E-state index contributed by atoms with van der Waals surface area (Å²) in [6.45, 7) is 8.82. The summed E-state index contributed by atoms with van der Waals surface area (Å²) in [7, 11) is 0. The van der Waals surface area contributed by atoms with Crippen LogP contribution in [0.15, 0.2) is 57.4 Å². The van der Waals surface area contributed by atoms with Crippen molar-refractivity contribution in [3.63, 3.8) is 0 Å². The molecule has 5 heterocycles. The van der Waals surface area contributed by atoms with Gasteiger partial charge < -0.3 is 33.8 Å². The SMILES string of the molecule is CC1COCC(C)N1CCNC(=O)[C@@H]1CCCCN1c1nc2ccccc2o1.O=C(O)[C@@H]1CCCCN1c1nc2ccccc2o1. The Bertz CT molecular complexity index is 1550. The van der Waals surface area contributed by atoms with Gasteiger partial charge in [-0.3, -0.25) is 9.69 Å². The molecule has 0 bridgehead atoms. The lowest BCUT2D eigenvalue weighted by Crippen LogP contribution is -2.54. The molecular weight excluding hydrogens is 588 g/mol. The molecule has 1 amide bonds. The molecule has 3 saturated heterocycles. The summed E-state index contributed by atoms with van der Waals surface area (Å²) in [6, 6.07) is 16.2. The summed E-state index contributed by atoms with van der Waals surface area (Å²) in [5.74, 6) is -0.743. The van der Waals surface area contributed by atoms with Gasteiger partial charge in [0.25, 0.3) is 12.0 Å². The highest BCUT2D eigenvalue weighted by Gasteiger charge is 2.33. The van der Waals surface area contributed by atoms with Crippen molar-refractivity contribution in [3.05, 3.63) is 48.5 Å². The molecule has 7 rings (SSSR count). The zero-order valence-corrected chi connectivity index (χ0v) is 26.6. The van der Waals surface area contributed by atoms with Crippen LogP contribution < -0.4 is 15.1 Å². The van der Waals surface area contributed by atoms with Crippen molar-refractivity contribution in [3.8, 4) is 0 Å². The predicted molar refractivity (Wildman–Crippen MR) is 175 cm³/mol. The first-order valence-corrected chi connectivity index (χ1v) is 16.5. The molecule has 0 aliphatic carbocycles. The Morgan fingerprint density at radius 2 is 1.33 bits per heavy atom. The van der Waals surface area contributed by atoms with Crippen molar-refractivity contribution >= 4 is 46.1 Å². The zero-order chi connectivity index (χ0) is 32.0. The lowest BCUT2D eigenvalue weighted by Gasteiger charge is -2.39. The number of rotatable bonds is 7. The Kier molecular flexibility index (Phi) is 10.0. The van der Waals surface area contributed by atoms with Gasteiger partial charge in [-0.2, -0.15) is 9.97 Å². The Labute approximate surface area is 268 Å². The van der Waals surface area contributed by atoms with Gasteiger partial charge >= 0.3 is 5.97 Å². The van der Waals surface area contributed by atoms with Crippen LogP contribution in [0, 0.1) is 0 Å². The molecular formula is C34H44N6O6. The van der Waals surface area contributed by atoms with E-state index in [0.29, 0.717) is 49.2 Å². The molecule has 12 nitrogen and oxygen atoms in total. The Morgan fingerprint density at radius 1 is 0.804 bits per heavy atom. The summed E-state index contributed by atoms with van der Waals surface area (Å²) < 4.78 is 17.1. The monoisotopic (exact) mass is 632 g/mol. The van der Waals surface area contributed by atoms with Crippen LogP contribution in [-0.4, -0.2) is 95.4 Å². The highest BCUT2D eigenvalue weighted by atomic mass is 16.5. The molecule has 2 unspecified atom stereocenters. The molecule has 2 N–H and O–H groups in total. The number of piperidine rings is 2. The average Bonchev–Trinajstić information content (AvgIpc) is 3.71. The number of para-hydroxylation sites is 4. The normalized spacial score (nSPS) is 24.0. The number of carboxylic acids is 1. The average molecular weight is 633 g/mol. The molecule has 4 atom stereocenters. The number of carbonyl (C=O) groups is 2. The minimum atomic E-state index is -0.808. The third-order valence-corrected chi connectivity index (χ3v) is 9.17. The molecule has 4 aromatic rings. The van der Waals surface area contributed by atoms with E-state index < -0.39 is 12.0 Å². The second-order valence-corrected chi connectivity index (χ2v) is 12.4. The quantitative estimate of drug-likeness (QED) is 0.294. The molecule has 246 valence electrons. The number of carboxylic acid groups (broad SMARTS) is 1. The minimum absolute atomic E-state index is 0.0653. The number of aromatic nitrogens is 2. The number of morpholine rings is 1. The van der Waals surface area contributed by atoms with Crippen molar-refractivity contribution in [2.24, 2.45) is 0 Å². The van der Waals surface area contributed by atoms with Crippen LogP contribution in [0.1, 0.15) is 52.4 Å². The molecule has 3 aliphatic heterocycles. The number of oxazole rings is 2. The number of anilines is 2. The van der Waals surface area contributed by atoms with Gasteiger partial charge in [-0.25, -0.2) is 4.79 Å². The van der Waals surface area contributed by atoms with E-state index in [0.717, 1.165) is 75.0 Å². The maximum atomic E-state index is 12.9. The Morgan fingerprint density at radius 3 is 1.87 bits per heavy atom. The number of nitrogens with zero attached hydrogens (tertiary/aromatic N) is 5. The van der Waals surface area contributed by atoms with Crippen molar-refractivity contribution in [2.45, 2.75) is 76.5 Å². The van der Waals surface area contributed by atoms with E-state index in [1.54, 1.807) is 4.90 Å². The van der Waals surface area contributed by atoms with E-state index in [-0.39, 0.29) is 11.9 Å². The maximum Gasteiger partial charge on any atom is 0.326 e. The lowest BCUT2D eigenvalue weighted by atomic mass is 10.0. The summed E-state index contributed by atoms with van der Waals surface area (Å²) in [6.07, 6.45) is 5.48. The van der Waals surface area contributed by atoms with Crippen molar-refractivity contribution < 1.29 is 28.3 Å². The number of aliphatic carboxylic acids is 1. The third kappa shape index (κ3) is 7.13. The largest absolute Gasteiger partial charge is 0.480 e. The first-order chi connectivity index (χ1) is 22.4. The third-order valence-electron chi connectivity index (χ3n) is 9.17. The van der Waals surface area contributed by atoms with Crippen LogP contribution >= 0.6 is 0 Å². The van der Waals surface area contributed by atoms with Crippen molar-refractivity contribution in [2.75, 3.05) is 49.2 Å². The molecule has 3 aliphatic rings. The van der Waals surface area contributed by atoms with Gasteiger partial charge in [0.05, 0.1) is 13.2 Å². The first-order valence-electron chi connectivity index (χ1n) is 16.5.